The molecule has 5 heteroatoms. The predicted octanol–water partition coefficient (Wildman–Crippen LogP) is 2.75. The minimum absolute atomic E-state index is 0.304. The number of hydrogen-bond acceptors (Lipinski definition) is 4. The van der Waals surface area contributed by atoms with Gasteiger partial charge in [-0.3, -0.25) is 14.7 Å². The monoisotopic (exact) mass is 280 g/mol. The van der Waals surface area contributed by atoms with Gasteiger partial charge in [-0.25, -0.2) is 0 Å². The van der Waals surface area contributed by atoms with E-state index in [0.717, 1.165) is 25.8 Å². The normalized spacial score (nSPS) is 31.9. The zero-order valence-corrected chi connectivity index (χ0v) is 11.8. The van der Waals surface area contributed by atoms with Crippen molar-refractivity contribution < 1.29 is 9.90 Å². The van der Waals surface area contributed by atoms with Crippen molar-refractivity contribution in [3.05, 3.63) is 16.6 Å². The predicted molar refractivity (Wildman–Crippen MR) is 74.1 cm³/mol. The number of piperidine rings is 1. The molecule has 4 nitrogen and oxygen atoms in total. The molecule has 0 aromatic carbocycles. The molecule has 1 saturated heterocycles. The van der Waals surface area contributed by atoms with Gasteiger partial charge in [-0.2, -0.15) is 0 Å². The van der Waals surface area contributed by atoms with E-state index in [9.17, 15) is 9.90 Å². The number of carboxylic acid groups (broad SMARTS) is 1. The zero-order chi connectivity index (χ0) is 13.2. The molecule has 1 saturated carbocycles. The Hall–Kier alpha value is -0.940. The molecule has 104 valence electrons. The van der Waals surface area contributed by atoms with Gasteiger partial charge >= 0.3 is 5.97 Å². The first kappa shape index (κ1) is 13.1. The second-order valence-electron chi connectivity index (χ2n) is 5.68. The molecule has 2 fully saturated rings. The van der Waals surface area contributed by atoms with Crippen LogP contribution in [-0.2, 0) is 11.3 Å². The van der Waals surface area contributed by atoms with Gasteiger partial charge in [0.1, 0.15) is 6.04 Å². The Morgan fingerprint density at radius 1 is 1.37 bits per heavy atom. The summed E-state index contributed by atoms with van der Waals surface area (Å²) in [6.45, 7) is 0.753. The summed E-state index contributed by atoms with van der Waals surface area (Å²) in [6, 6.07) is 0.159. The van der Waals surface area contributed by atoms with Crippen LogP contribution in [0.1, 0.15) is 43.4 Å². The van der Waals surface area contributed by atoms with Gasteiger partial charge in [-0.15, -0.1) is 11.3 Å². The smallest absolute Gasteiger partial charge is 0.320 e. The molecule has 3 atom stereocenters. The Morgan fingerprint density at radius 2 is 2.21 bits per heavy atom. The lowest BCUT2D eigenvalue weighted by Gasteiger charge is -2.47. The highest BCUT2D eigenvalue weighted by Gasteiger charge is 2.41. The molecule has 1 aromatic rings. The van der Waals surface area contributed by atoms with Crippen LogP contribution in [0.4, 0.5) is 0 Å². The van der Waals surface area contributed by atoms with Crippen LogP contribution in [0, 0.1) is 5.92 Å². The van der Waals surface area contributed by atoms with Crippen molar-refractivity contribution >= 4 is 17.3 Å². The maximum absolute atomic E-state index is 11.5. The van der Waals surface area contributed by atoms with E-state index in [4.69, 9.17) is 0 Å². The fraction of sp³-hybridized carbons (Fsp3) is 0.714. The number of likely N-dealkylation sites (tertiary alicyclic amines) is 1. The van der Waals surface area contributed by atoms with Gasteiger partial charge in [-0.1, -0.05) is 12.8 Å². The van der Waals surface area contributed by atoms with Crippen molar-refractivity contribution in [2.75, 3.05) is 0 Å². The molecular weight excluding hydrogens is 260 g/mol. The molecule has 2 aliphatic rings. The summed E-state index contributed by atoms with van der Waals surface area (Å²) in [5, 5.41) is 9.47. The highest BCUT2D eigenvalue weighted by molar-refractivity contribution is 7.09. The summed E-state index contributed by atoms with van der Waals surface area (Å²) in [5.41, 5.74) is 1.83. The van der Waals surface area contributed by atoms with Gasteiger partial charge < -0.3 is 5.11 Å². The maximum atomic E-state index is 11.5. The molecule has 3 unspecified atom stereocenters. The van der Waals surface area contributed by atoms with E-state index in [-0.39, 0.29) is 6.04 Å². The lowest BCUT2D eigenvalue weighted by molar-refractivity contribution is -0.148. The number of thiazole rings is 1. The van der Waals surface area contributed by atoms with Crippen LogP contribution in [0.25, 0.3) is 0 Å². The van der Waals surface area contributed by atoms with E-state index in [1.54, 1.807) is 11.3 Å². The number of carboxylic acids is 1. The number of fused-ring (bicyclic) bond motifs is 1. The standard InChI is InChI=1S/C14H20N2O2S/c17-14(18)13-6-5-10-3-1-2-4-12(10)16(13)8-11-7-15-9-19-11/h7,9-10,12-13H,1-6,8H2,(H,17,18). The Morgan fingerprint density at radius 3 is 2.95 bits per heavy atom. The van der Waals surface area contributed by atoms with E-state index in [1.165, 1.54) is 24.1 Å². The van der Waals surface area contributed by atoms with Crippen LogP contribution in [-0.4, -0.2) is 33.0 Å². The Bertz CT molecular complexity index is 435. The summed E-state index contributed by atoms with van der Waals surface area (Å²) in [4.78, 5) is 19.0. The lowest BCUT2D eigenvalue weighted by atomic mass is 9.76. The molecule has 3 rings (SSSR count). The number of rotatable bonds is 3. The maximum Gasteiger partial charge on any atom is 0.320 e. The van der Waals surface area contributed by atoms with Gasteiger partial charge in [0.25, 0.3) is 0 Å². The van der Waals surface area contributed by atoms with Gasteiger partial charge in [0, 0.05) is 23.7 Å². The number of aliphatic carboxylic acids is 1. The van der Waals surface area contributed by atoms with Gasteiger partial charge in [0.2, 0.25) is 0 Å². The number of nitrogens with zero attached hydrogens (tertiary/aromatic N) is 2. The average Bonchev–Trinajstić information content (AvgIpc) is 2.92. The molecule has 0 spiro atoms. The molecule has 1 aliphatic carbocycles. The van der Waals surface area contributed by atoms with E-state index < -0.39 is 5.97 Å². The van der Waals surface area contributed by atoms with Crippen LogP contribution < -0.4 is 0 Å². The Kier molecular flexibility index (Phi) is 3.84. The molecule has 1 aromatic heterocycles. The van der Waals surface area contributed by atoms with Crippen molar-refractivity contribution in [1.29, 1.82) is 0 Å². The minimum atomic E-state index is -0.659. The second kappa shape index (κ2) is 5.59. The van der Waals surface area contributed by atoms with Gasteiger partial charge in [0.15, 0.2) is 0 Å². The Labute approximate surface area is 117 Å². The molecule has 0 amide bonds. The van der Waals surface area contributed by atoms with Crippen LogP contribution >= 0.6 is 11.3 Å². The van der Waals surface area contributed by atoms with E-state index >= 15 is 0 Å². The molecule has 2 heterocycles. The second-order valence-corrected chi connectivity index (χ2v) is 6.65. The topological polar surface area (TPSA) is 53.4 Å². The fourth-order valence-electron chi connectivity index (χ4n) is 3.72. The lowest BCUT2D eigenvalue weighted by Crippen LogP contribution is -2.54. The molecule has 0 radical (unpaired) electrons. The largest absolute Gasteiger partial charge is 0.480 e. The summed E-state index contributed by atoms with van der Waals surface area (Å²) in [5.74, 6) is 0.0470. The third kappa shape index (κ3) is 2.67. The van der Waals surface area contributed by atoms with Crippen LogP contribution in [0.15, 0.2) is 11.7 Å². The van der Waals surface area contributed by atoms with E-state index in [2.05, 4.69) is 9.88 Å². The van der Waals surface area contributed by atoms with Crippen LogP contribution in [0.3, 0.4) is 0 Å². The summed E-state index contributed by atoms with van der Waals surface area (Å²) >= 11 is 1.62. The average molecular weight is 280 g/mol. The van der Waals surface area contributed by atoms with Crippen molar-refractivity contribution in [1.82, 2.24) is 9.88 Å². The third-order valence-electron chi connectivity index (χ3n) is 4.61. The fourth-order valence-corrected chi connectivity index (χ4v) is 4.33. The molecule has 1 aliphatic heterocycles. The highest BCUT2D eigenvalue weighted by atomic mass is 32.1. The quantitative estimate of drug-likeness (QED) is 0.925. The van der Waals surface area contributed by atoms with Gasteiger partial charge in [-0.05, 0) is 31.6 Å². The first-order chi connectivity index (χ1) is 9.25. The SMILES string of the molecule is O=C(O)C1CCC2CCCCC2N1Cc1cncs1. The summed E-state index contributed by atoms with van der Waals surface area (Å²) in [7, 11) is 0. The van der Waals surface area contributed by atoms with E-state index in [1.807, 2.05) is 11.7 Å². The van der Waals surface area contributed by atoms with Gasteiger partial charge in [0.05, 0.1) is 5.51 Å². The Balaban J connectivity index is 1.81. The molecular formula is C14H20N2O2S. The molecule has 0 bridgehead atoms. The minimum Gasteiger partial charge on any atom is -0.480 e. The molecule has 19 heavy (non-hydrogen) atoms. The first-order valence-corrected chi connectivity index (χ1v) is 7.99. The zero-order valence-electron chi connectivity index (χ0n) is 11.0. The highest BCUT2D eigenvalue weighted by Crippen LogP contribution is 2.38. The number of carbonyl (C=O) groups is 1. The van der Waals surface area contributed by atoms with Crippen molar-refractivity contribution in [2.24, 2.45) is 5.92 Å². The molecule has 1 N–H and O–H groups in total. The third-order valence-corrected chi connectivity index (χ3v) is 5.38. The van der Waals surface area contributed by atoms with Crippen LogP contribution in [0.5, 0.6) is 0 Å². The van der Waals surface area contributed by atoms with Crippen molar-refractivity contribution in [3.63, 3.8) is 0 Å². The summed E-state index contributed by atoms with van der Waals surface area (Å²) < 4.78 is 0. The number of aromatic nitrogens is 1. The van der Waals surface area contributed by atoms with Crippen molar-refractivity contribution in [2.45, 2.75) is 57.2 Å². The number of hydrogen-bond donors (Lipinski definition) is 1. The first-order valence-electron chi connectivity index (χ1n) is 7.11. The van der Waals surface area contributed by atoms with Crippen molar-refractivity contribution in [3.8, 4) is 0 Å². The van der Waals surface area contributed by atoms with E-state index in [0.29, 0.717) is 12.0 Å². The summed E-state index contributed by atoms with van der Waals surface area (Å²) in [6.07, 6.45) is 8.75. The van der Waals surface area contributed by atoms with Crippen LogP contribution in [0.2, 0.25) is 0 Å².